The van der Waals surface area contributed by atoms with Crippen molar-refractivity contribution < 1.29 is 9.72 Å². The number of hydrazone groups is 1. The van der Waals surface area contributed by atoms with Gasteiger partial charge in [0.2, 0.25) is 0 Å². The Kier molecular flexibility index (Phi) is 4.46. The van der Waals surface area contributed by atoms with Gasteiger partial charge < -0.3 is 0 Å². The molecular formula is C16H14N6O3. The molecule has 3 aromatic rings. The van der Waals surface area contributed by atoms with Crippen LogP contribution in [0.3, 0.4) is 0 Å². The Bertz CT molecular complexity index is 979. The van der Waals surface area contributed by atoms with Crippen LogP contribution >= 0.6 is 0 Å². The number of nitrogens with one attached hydrogen (secondary N) is 1. The maximum absolute atomic E-state index is 12.1. The number of benzene rings is 2. The summed E-state index contributed by atoms with van der Waals surface area (Å²) in [6, 6.07) is 13.5. The van der Waals surface area contributed by atoms with Crippen molar-refractivity contribution in [2.45, 2.75) is 13.5 Å². The highest BCUT2D eigenvalue weighted by Crippen LogP contribution is 2.18. The summed E-state index contributed by atoms with van der Waals surface area (Å²) in [5.41, 5.74) is 4.43. The predicted octanol–water partition coefficient (Wildman–Crippen LogP) is 1.88. The van der Waals surface area contributed by atoms with Crippen LogP contribution < -0.4 is 5.43 Å². The van der Waals surface area contributed by atoms with E-state index >= 15 is 0 Å². The minimum Gasteiger partial charge on any atom is -0.271 e. The second kappa shape index (κ2) is 6.87. The van der Waals surface area contributed by atoms with Crippen molar-refractivity contribution in [2.75, 3.05) is 0 Å². The zero-order chi connectivity index (χ0) is 17.8. The highest BCUT2D eigenvalue weighted by atomic mass is 16.6. The average molecular weight is 338 g/mol. The molecule has 1 aromatic heterocycles. The summed E-state index contributed by atoms with van der Waals surface area (Å²) in [7, 11) is 0. The zero-order valence-corrected chi connectivity index (χ0v) is 13.3. The largest absolute Gasteiger partial charge is 0.278 e. The molecule has 9 nitrogen and oxygen atoms in total. The predicted molar refractivity (Wildman–Crippen MR) is 91.0 cm³/mol. The van der Waals surface area contributed by atoms with Crippen LogP contribution in [0.25, 0.3) is 11.0 Å². The second-order valence-corrected chi connectivity index (χ2v) is 5.24. The number of amides is 1. The third kappa shape index (κ3) is 3.50. The summed E-state index contributed by atoms with van der Waals surface area (Å²) >= 11 is 0. The Morgan fingerprint density at radius 3 is 2.76 bits per heavy atom. The maximum atomic E-state index is 12.1. The average Bonchev–Trinajstić information content (AvgIpc) is 3.02. The summed E-state index contributed by atoms with van der Waals surface area (Å²) in [5.74, 6) is -0.409. The minimum absolute atomic E-state index is 0.0613. The number of carbonyl (C=O) groups is 1. The van der Waals surface area contributed by atoms with Crippen LogP contribution in [-0.2, 0) is 11.3 Å². The molecule has 1 heterocycles. The van der Waals surface area contributed by atoms with Gasteiger partial charge in [0, 0.05) is 6.07 Å². The molecule has 3 rings (SSSR count). The Morgan fingerprint density at radius 2 is 1.96 bits per heavy atom. The fourth-order valence-corrected chi connectivity index (χ4v) is 2.35. The van der Waals surface area contributed by atoms with E-state index < -0.39 is 10.8 Å². The van der Waals surface area contributed by atoms with Crippen LogP contribution in [0.5, 0.6) is 0 Å². The van der Waals surface area contributed by atoms with Crippen molar-refractivity contribution in [3.8, 4) is 0 Å². The molecular weight excluding hydrogens is 324 g/mol. The lowest BCUT2D eigenvalue weighted by Gasteiger charge is -2.04. The fraction of sp³-hybridized carbons (Fsp3) is 0.125. The van der Waals surface area contributed by atoms with Crippen molar-refractivity contribution in [3.63, 3.8) is 0 Å². The quantitative estimate of drug-likeness (QED) is 0.433. The highest BCUT2D eigenvalue weighted by molar-refractivity contribution is 6.02. The molecule has 0 aliphatic rings. The molecule has 0 spiro atoms. The van der Waals surface area contributed by atoms with Gasteiger partial charge in [0.15, 0.2) is 0 Å². The van der Waals surface area contributed by atoms with Crippen molar-refractivity contribution in [2.24, 2.45) is 5.10 Å². The summed E-state index contributed by atoms with van der Waals surface area (Å²) in [5, 5.41) is 22.9. The third-order valence-corrected chi connectivity index (χ3v) is 3.55. The first-order chi connectivity index (χ1) is 12.1. The first kappa shape index (κ1) is 16.2. The number of nitro groups is 1. The second-order valence-electron chi connectivity index (χ2n) is 5.24. The smallest absolute Gasteiger partial charge is 0.271 e. The van der Waals surface area contributed by atoms with Crippen molar-refractivity contribution in [1.29, 1.82) is 0 Å². The van der Waals surface area contributed by atoms with Gasteiger partial charge in [-0.25, -0.2) is 10.1 Å². The van der Waals surface area contributed by atoms with Gasteiger partial charge in [-0.2, -0.15) is 5.10 Å². The minimum atomic E-state index is -0.488. The Hall–Kier alpha value is -3.62. The van der Waals surface area contributed by atoms with E-state index in [4.69, 9.17) is 0 Å². The van der Waals surface area contributed by atoms with Crippen LogP contribution in [0.15, 0.2) is 53.6 Å². The lowest BCUT2D eigenvalue weighted by molar-refractivity contribution is -0.385. The van der Waals surface area contributed by atoms with Gasteiger partial charge in [0.25, 0.3) is 11.6 Å². The van der Waals surface area contributed by atoms with E-state index in [1.807, 2.05) is 18.2 Å². The SMILES string of the molecule is C/C(=N/NC(=O)Cn1nnc2ccccc21)c1ccccc1[N+](=O)[O-]. The third-order valence-electron chi connectivity index (χ3n) is 3.55. The van der Waals surface area contributed by atoms with Gasteiger partial charge in [-0.15, -0.1) is 5.10 Å². The van der Waals surface area contributed by atoms with E-state index in [0.717, 1.165) is 5.52 Å². The van der Waals surface area contributed by atoms with E-state index in [9.17, 15) is 14.9 Å². The molecule has 0 atom stereocenters. The summed E-state index contributed by atoms with van der Waals surface area (Å²) < 4.78 is 1.46. The number of para-hydroxylation sites is 2. The van der Waals surface area contributed by atoms with E-state index in [2.05, 4.69) is 20.8 Å². The molecule has 0 aliphatic carbocycles. The van der Waals surface area contributed by atoms with Crippen LogP contribution in [-0.4, -0.2) is 31.5 Å². The lowest BCUT2D eigenvalue weighted by atomic mass is 10.1. The number of fused-ring (bicyclic) bond motifs is 1. The normalized spacial score (nSPS) is 11.5. The van der Waals surface area contributed by atoms with E-state index in [0.29, 0.717) is 16.8 Å². The standard InChI is InChI=1S/C16H14N6O3/c1-11(12-6-2-4-8-14(12)22(24)25)17-19-16(23)10-21-15-9-5-3-7-13(15)18-20-21/h2-9H,10H2,1H3,(H,19,23)/b17-11-. The number of nitrogens with zero attached hydrogens (tertiary/aromatic N) is 5. The number of hydrogen-bond donors (Lipinski definition) is 1. The van der Waals surface area contributed by atoms with E-state index in [1.54, 1.807) is 31.2 Å². The molecule has 1 N–H and O–H groups in total. The summed E-state index contributed by atoms with van der Waals surface area (Å²) in [6.45, 7) is 1.53. The van der Waals surface area contributed by atoms with Gasteiger partial charge in [-0.3, -0.25) is 14.9 Å². The lowest BCUT2D eigenvalue weighted by Crippen LogP contribution is -2.25. The summed E-state index contributed by atoms with van der Waals surface area (Å²) in [6.07, 6.45) is 0. The van der Waals surface area contributed by atoms with Gasteiger partial charge >= 0.3 is 0 Å². The number of rotatable bonds is 5. The zero-order valence-electron chi connectivity index (χ0n) is 13.3. The van der Waals surface area contributed by atoms with Gasteiger partial charge in [-0.05, 0) is 25.1 Å². The molecule has 0 bridgehead atoms. The molecule has 126 valence electrons. The molecule has 0 aliphatic heterocycles. The first-order valence-corrected chi connectivity index (χ1v) is 7.41. The highest BCUT2D eigenvalue weighted by Gasteiger charge is 2.15. The maximum Gasteiger partial charge on any atom is 0.278 e. The molecule has 0 fully saturated rings. The Morgan fingerprint density at radius 1 is 1.24 bits per heavy atom. The number of aromatic nitrogens is 3. The molecule has 0 unspecified atom stereocenters. The fourth-order valence-electron chi connectivity index (χ4n) is 2.35. The van der Waals surface area contributed by atoms with Crippen LogP contribution in [0.1, 0.15) is 12.5 Å². The van der Waals surface area contributed by atoms with Crippen LogP contribution in [0.2, 0.25) is 0 Å². The Balaban J connectivity index is 1.73. The molecule has 1 amide bonds. The number of carbonyl (C=O) groups excluding carboxylic acids is 1. The van der Waals surface area contributed by atoms with Gasteiger partial charge in [-0.1, -0.05) is 29.5 Å². The topological polar surface area (TPSA) is 115 Å². The molecule has 2 aromatic carbocycles. The number of hydrogen-bond acceptors (Lipinski definition) is 6. The van der Waals surface area contributed by atoms with E-state index in [-0.39, 0.29) is 12.2 Å². The van der Waals surface area contributed by atoms with Crippen LogP contribution in [0.4, 0.5) is 5.69 Å². The molecule has 0 saturated carbocycles. The number of nitro benzene ring substituents is 1. The summed E-state index contributed by atoms with van der Waals surface area (Å²) in [4.78, 5) is 22.6. The van der Waals surface area contributed by atoms with Crippen molar-refractivity contribution in [3.05, 3.63) is 64.2 Å². The molecule has 0 radical (unpaired) electrons. The first-order valence-electron chi connectivity index (χ1n) is 7.41. The van der Waals surface area contributed by atoms with Crippen molar-refractivity contribution >= 4 is 28.3 Å². The van der Waals surface area contributed by atoms with Crippen molar-refractivity contribution in [1.82, 2.24) is 20.4 Å². The molecule has 0 saturated heterocycles. The molecule has 25 heavy (non-hydrogen) atoms. The van der Waals surface area contributed by atoms with Gasteiger partial charge in [0.05, 0.1) is 21.7 Å². The van der Waals surface area contributed by atoms with Crippen LogP contribution in [0, 0.1) is 10.1 Å². The molecule has 9 heteroatoms. The van der Waals surface area contributed by atoms with Gasteiger partial charge in [0.1, 0.15) is 12.1 Å². The van der Waals surface area contributed by atoms with E-state index in [1.165, 1.54) is 10.7 Å². The monoisotopic (exact) mass is 338 g/mol. The Labute approximate surface area is 142 Å².